The van der Waals surface area contributed by atoms with Gasteiger partial charge in [-0.05, 0) is 29.8 Å². The minimum atomic E-state index is 0.228. The summed E-state index contributed by atoms with van der Waals surface area (Å²) in [4.78, 5) is 1.31. The van der Waals surface area contributed by atoms with E-state index in [-0.39, 0.29) is 6.04 Å². The molecule has 1 unspecified atom stereocenters. The molecule has 2 aromatic carbocycles. The fraction of sp³-hybridized carbons (Fsp3) is 0.133. The summed E-state index contributed by atoms with van der Waals surface area (Å²) >= 11 is 7.84. The van der Waals surface area contributed by atoms with Crippen molar-refractivity contribution in [2.75, 3.05) is 11.1 Å². The molecule has 3 rings (SSSR count). The molecule has 0 amide bonds. The molecular weight excluding hydrogens is 276 g/mol. The number of rotatable bonds is 2. The predicted molar refractivity (Wildman–Crippen MR) is 79.7 cm³/mol. The zero-order valence-corrected chi connectivity index (χ0v) is 11.6. The molecule has 1 aliphatic heterocycles. The van der Waals surface area contributed by atoms with Gasteiger partial charge in [-0.3, -0.25) is 0 Å². The molecule has 4 heteroatoms. The van der Waals surface area contributed by atoms with Gasteiger partial charge in [0.25, 0.3) is 0 Å². The number of halogens is 1. The highest BCUT2D eigenvalue weighted by molar-refractivity contribution is 7.99. The lowest BCUT2D eigenvalue weighted by atomic mass is 10.1. The van der Waals surface area contributed by atoms with E-state index in [9.17, 15) is 0 Å². The lowest BCUT2D eigenvalue weighted by molar-refractivity contribution is 0.899. The first-order valence-electron chi connectivity index (χ1n) is 5.96. The molecule has 1 N–H and O–H groups in total. The Morgan fingerprint density at radius 1 is 1.26 bits per heavy atom. The molecule has 0 saturated heterocycles. The summed E-state index contributed by atoms with van der Waals surface area (Å²) in [6.45, 7) is 0. The second kappa shape index (κ2) is 5.16. The van der Waals surface area contributed by atoms with Crippen molar-refractivity contribution in [2.45, 2.75) is 10.9 Å². The Bertz CT molecular complexity index is 663. The van der Waals surface area contributed by atoms with Crippen LogP contribution in [-0.4, -0.2) is 5.75 Å². The number of benzene rings is 2. The standard InChI is InChI=1S/C15H11ClN2S/c16-11-6-5-10(8-17)13(7-11)18-14-9-19-15-4-2-1-3-12(14)15/h1-7,14,18H,9H2. The SMILES string of the molecule is N#Cc1ccc(Cl)cc1NC1CSc2ccccc21. The van der Waals surface area contributed by atoms with E-state index >= 15 is 0 Å². The molecule has 94 valence electrons. The first-order valence-corrected chi connectivity index (χ1v) is 7.32. The topological polar surface area (TPSA) is 35.8 Å². The lowest BCUT2D eigenvalue weighted by Crippen LogP contribution is -2.10. The molecule has 0 aromatic heterocycles. The van der Waals surface area contributed by atoms with Crippen LogP contribution in [-0.2, 0) is 0 Å². The van der Waals surface area contributed by atoms with E-state index in [1.165, 1.54) is 10.5 Å². The fourth-order valence-electron chi connectivity index (χ4n) is 2.20. The van der Waals surface area contributed by atoms with Crippen LogP contribution in [0.2, 0.25) is 5.02 Å². The van der Waals surface area contributed by atoms with E-state index in [4.69, 9.17) is 16.9 Å². The van der Waals surface area contributed by atoms with E-state index in [1.54, 1.807) is 12.1 Å². The Hall–Kier alpha value is -1.63. The number of nitrogens with zero attached hydrogens (tertiary/aromatic N) is 1. The first kappa shape index (κ1) is 12.4. The van der Waals surface area contributed by atoms with Gasteiger partial charge in [-0.1, -0.05) is 29.8 Å². The van der Waals surface area contributed by atoms with Crippen molar-refractivity contribution in [3.8, 4) is 6.07 Å². The van der Waals surface area contributed by atoms with Gasteiger partial charge in [-0.25, -0.2) is 0 Å². The molecule has 0 bridgehead atoms. The summed E-state index contributed by atoms with van der Waals surface area (Å²) in [6, 6.07) is 16.1. The van der Waals surface area contributed by atoms with Gasteiger partial charge >= 0.3 is 0 Å². The van der Waals surface area contributed by atoms with Gasteiger partial charge in [0, 0.05) is 15.7 Å². The van der Waals surface area contributed by atoms with Gasteiger partial charge in [0.05, 0.1) is 17.3 Å². The maximum absolute atomic E-state index is 9.14. The largest absolute Gasteiger partial charge is 0.376 e. The van der Waals surface area contributed by atoms with Gasteiger partial charge in [0.15, 0.2) is 0 Å². The van der Waals surface area contributed by atoms with Crippen LogP contribution in [0.25, 0.3) is 0 Å². The third-order valence-corrected chi connectivity index (χ3v) is 4.55. The first-order chi connectivity index (χ1) is 9.28. The molecule has 1 atom stereocenters. The van der Waals surface area contributed by atoms with Crippen molar-refractivity contribution in [3.05, 3.63) is 58.6 Å². The van der Waals surface area contributed by atoms with Crippen LogP contribution in [0.3, 0.4) is 0 Å². The molecule has 0 radical (unpaired) electrons. The molecule has 1 heterocycles. The quantitative estimate of drug-likeness (QED) is 0.885. The zero-order valence-electron chi connectivity index (χ0n) is 10.1. The second-order valence-corrected chi connectivity index (χ2v) is 5.85. The molecular formula is C15H11ClN2S. The third kappa shape index (κ3) is 2.42. The maximum atomic E-state index is 9.14. The van der Waals surface area contributed by atoms with Crippen molar-refractivity contribution in [2.24, 2.45) is 0 Å². The summed E-state index contributed by atoms with van der Waals surface area (Å²) < 4.78 is 0. The van der Waals surface area contributed by atoms with E-state index in [1.807, 2.05) is 30.0 Å². The summed E-state index contributed by atoms with van der Waals surface area (Å²) in [7, 11) is 0. The van der Waals surface area contributed by atoms with Crippen LogP contribution in [0.4, 0.5) is 5.69 Å². The predicted octanol–water partition coefficient (Wildman–Crippen LogP) is 4.47. The zero-order chi connectivity index (χ0) is 13.2. The van der Waals surface area contributed by atoms with Gasteiger partial charge < -0.3 is 5.32 Å². The van der Waals surface area contributed by atoms with Gasteiger partial charge in [0.1, 0.15) is 6.07 Å². The molecule has 19 heavy (non-hydrogen) atoms. The van der Waals surface area contributed by atoms with Crippen LogP contribution in [0.1, 0.15) is 17.2 Å². The van der Waals surface area contributed by atoms with E-state index in [0.29, 0.717) is 10.6 Å². The average Bonchev–Trinajstić information content (AvgIpc) is 2.83. The Balaban J connectivity index is 1.92. The van der Waals surface area contributed by atoms with Crippen molar-refractivity contribution < 1.29 is 0 Å². The number of thioether (sulfide) groups is 1. The number of anilines is 1. The molecule has 2 aromatic rings. The van der Waals surface area contributed by atoms with E-state index in [2.05, 4.69) is 23.5 Å². The number of hydrogen-bond donors (Lipinski definition) is 1. The van der Waals surface area contributed by atoms with Crippen LogP contribution < -0.4 is 5.32 Å². The van der Waals surface area contributed by atoms with Gasteiger partial charge in [-0.2, -0.15) is 5.26 Å². The van der Waals surface area contributed by atoms with Gasteiger partial charge in [-0.15, -0.1) is 11.8 Å². The summed E-state index contributed by atoms with van der Waals surface area (Å²) in [6.07, 6.45) is 0. The summed E-state index contributed by atoms with van der Waals surface area (Å²) in [5.74, 6) is 0.969. The van der Waals surface area contributed by atoms with Crippen molar-refractivity contribution in [3.63, 3.8) is 0 Å². The van der Waals surface area contributed by atoms with Crippen LogP contribution in [0.5, 0.6) is 0 Å². The second-order valence-electron chi connectivity index (χ2n) is 4.35. The Labute approximate surface area is 121 Å². The minimum Gasteiger partial charge on any atom is -0.376 e. The fourth-order valence-corrected chi connectivity index (χ4v) is 3.54. The summed E-state index contributed by atoms with van der Waals surface area (Å²) in [5, 5.41) is 13.2. The molecule has 0 aliphatic carbocycles. The van der Waals surface area contributed by atoms with Crippen molar-refractivity contribution in [1.82, 2.24) is 0 Å². The average molecular weight is 287 g/mol. The lowest BCUT2D eigenvalue weighted by Gasteiger charge is -2.16. The highest BCUT2D eigenvalue weighted by atomic mass is 35.5. The smallest absolute Gasteiger partial charge is 0.101 e. The van der Waals surface area contributed by atoms with E-state index in [0.717, 1.165) is 11.4 Å². The maximum Gasteiger partial charge on any atom is 0.101 e. The number of nitrogens with one attached hydrogen (secondary N) is 1. The Morgan fingerprint density at radius 3 is 2.95 bits per heavy atom. The Kier molecular flexibility index (Phi) is 3.37. The number of hydrogen-bond acceptors (Lipinski definition) is 3. The van der Waals surface area contributed by atoms with E-state index < -0.39 is 0 Å². The van der Waals surface area contributed by atoms with Crippen molar-refractivity contribution in [1.29, 1.82) is 5.26 Å². The highest BCUT2D eigenvalue weighted by Crippen LogP contribution is 2.40. The molecule has 0 saturated carbocycles. The Morgan fingerprint density at radius 2 is 2.11 bits per heavy atom. The summed E-state index contributed by atoms with van der Waals surface area (Å²) in [5.41, 5.74) is 2.72. The molecule has 1 aliphatic rings. The van der Waals surface area contributed by atoms with Crippen molar-refractivity contribution >= 4 is 29.1 Å². The molecule has 0 spiro atoms. The number of fused-ring (bicyclic) bond motifs is 1. The van der Waals surface area contributed by atoms with Crippen LogP contribution in [0.15, 0.2) is 47.4 Å². The van der Waals surface area contributed by atoms with Crippen LogP contribution in [0, 0.1) is 11.3 Å². The molecule has 2 nitrogen and oxygen atoms in total. The highest BCUT2D eigenvalue weighted by Gasteiger charge is 2.23. The third-order valence-electron chi connectivity index (χ3n) is 3.13. The van der Waals surface area contributed by atoms with Gasteiger partial charge in [0.2, 0.25) is 0 Å². The molecule has 0 fully saturated rings. The van der Waals surface area contributed by atoms with Crippen LogP contribution >= 0.6 is 23.4 Å². The number of nitriles is 1. The monoisotopic (exact) mass is 286 g/mol. The normalized spacial score (nSPS) is 16.7. The minimum absolute atomic E-state index is 0.228.